The molecule has 174 valence electrons. The Kier molecular flexibility index (Phi) is 6.76. The van der Waals surface area contributed by atoms with Crippen LogP contribution in [-0.2, 0) is 0 Å². The highest BCUT2D eigenvalue weighted by molar-refractivity contribution is 5.83. The highest BCUT2D eigenvalue weighted by Crippen LogP contribution is 2.28. The number of aryl methyl sites for hydroxylation is 2. The summed E-state index contributed by atoms with van der Waals surface area (Å²) in [6.07, 6.45) is 7.09. The number of hydrogen-bond acceptors (Lipinski definition) is 6. The Morgan fingerprint density at radius 3 is 1.39 bits per heavy atom. The largest absolute Gasteiger partial charge is 0.255 e. The van der Waals surface area contributed by atoms with Crippen LogP contribution in [0.4, 0.5) is 11.4 Å². The minimum atomic E-state index is 0.774. The van der Waals surface area contributed by atoms with E-state index >= 15 is 0 Å². The van der Waals surface area contributed by atoms with Crippen molar-refractivity contribution in [3.05, 3.63) is 120 Å². The Morgan fingerprint density at radius 1 is 0.528 bits per heavy atom. The Labute approximate surface area is 210 Å². The first-order chi connectivity index (χ1) is 17.7. The number of aliphatic imine (C=N–C) groups is 2. The number of aromatic nitrogens is 4. The van der Waals surface area contributed by atoms with Crippen molar-refractivity contribution in [1.82, 2.24) is 19.9 Å². The van der Waals surface area contributed by atoms with E-state index in [4.69, 9.17) is 9.98 Å². The predicted molar refractivity (Wildman–Crippen MR) is 145 cm³/mol. The topological polar surface area (TPSA) is 76.3 Å². The summed E-state index contributed by atoms with van der Waals surface area (Å²) in [5, 5.41) is 0. The van der Waals surface area contributed by atoms with E-state index in [9.17, 15) is 0 Å². The fourth-order valence-corrected chi connectivity index (χ4v) is 3.70. The van der Waals surface area contributed by atoms with Crippen molar-refractivity contribution < 1.29 is 0 Å². The molecule has 0 atom stereocenters. The minimum Gasteiger partial charge on any atom is -0.255 e. The lowest BCUT2D eigenvalue weighted by Gasteiger charge is -2.06. The normalized spacial score (nSPS) is 11.4. The number of pyridine rings is 4. The van der Waals surface area contributed by atoms with Gasteiger partial charge in [-0.2, -0.15) is 0 Å². The molecular formula is C30H24N6. The third-order valence-electron chi connectivity index (χ3n) is 5.58. The van der Waals surface area contributed by atoms with E-state index in [2.05, 4.69) is 19.9 Å². The Bertz CT molecular complexity index is 1420. The smallest absolute Gasteiger partial charge is 0.0894 e. The molecule has 4 aromatic heterocycles. The van der Waals surface area contributed by atoms with Crippen molar-refractivity contribution in [2.24, 2.45) is 9.98 Å². The highest BCUT2D eigenvalue weighted by Gasteiger charge is 2.05. The molecule has 0 bridgehead atoms. The van der Waals surface area contributed by atoms with E-state index in [0.717, 1.165) is 56.7 Å². The summed E-state index contributed by atoms with van der Waals surface area (Å²) in [7, 11) is 0. The van der Waals surface area contributed by atoms with Gasteiger partial charge in [0.15, 0.2) is 0 Å². The zero-order valence-electron chi connectivity index (χ0n) is 20.1. The van der Waals surface area contributed by atoms with Gasteiger partial charge in [-0.15, -0.1) is 0 Å². The second-order valence-electron chi connectivity index (χ2n) is 8.27. The van der Waals surface area contributed by atoms with Gasteiger partial charge in [0.2, 0.25) is 0 Å². The maximum Gasteiger partial charge on any atom is 0.0894 e. The van der Waals surface area contributed by atoms with Crippen LogP contribution in [0.2, 0.25) is 0 Å². The summed E-state index contributed by atoms with van der Waals surface area (Å²) in [6, 6.07) is 27.3. The molecule has 1 aromatic carbocycles. The van der Waals surface area contributed by atoms with E-state index in [1.54, 1.807) is 24.8 Å². The van der Waals surface area contributed by atoms with Crippen LogP contribution in [0.5, 0.6) is 0 Å². The van der Waals surface area contributed by atoms with Gasteiger partial charge < -0.3 is 0 Å². The lowest BCUT2D eigenvalue weighted by molar-refractivity contribution is 1.23. The van der Waals surface area contributed by atoms with Crippen molar-refractivity contribution in [2.45, 2.75) is 13.8 Å². The average molecular weight is 469 g/mol. The minimum absolute atomic E-state index is 0.774. The molecule has 6 nitrogen and oxygen atoms in total. The Morgan fingerprint density at radius 2 is 0.972 bits per heavy atom. The van der Waals surface area contributed by atoms with Gasteiger partial charge in [-0.3, -0.25) is 20.0 Å². The second-order valence-corrected chi connectivity index (χ2v) is 8.27. The van der Waals surface area contributed by atoms with Crippen molar-refractivity contribution in [3.63, 3.8) is 0 Å². The summed E-state index contributed by atoms with van der Waals surface area (Å²) in [5.41, 5.74) is 8.67. The van der Waals surface area contributed by atoms with Crippen LogP contribution in [0, 0.1) is 13.8 Å². The third-order valence-corrected chi connectivity index (χ3v) is 5.58. The monoisotopic (exact) mass is 468 g/mol. The van der Waals surface area contributed by atoms with E-state index in [1.807, 2.05) is 98.8 Å². The van der Waals surface area contributed by atoms with Gasteiger partial charge in [0.05, 0.1) is 58.0 Å². The average Bonchev–Trinajstić information content (AvgIpc) is 2.94. The van der Waals surface area contributed by atoms with Gasteiger partial charge in [0, 0.05) is 12.4 Å². The fraction of sp³-hybridized carbons (Fsp3) is 0.0667. The molecule has 0 aliphatic heterocycles. The van der Waals surface area contributed by atoms with Gasteiger partial charge in [0.25, 0.3) is 0 Å². The van der Waals surface area contributed by atoms with Gasteiger partial charge >= 0.3 is 0 Å². The molecule has 5 aromatic rings. The van der Waals surface area contributed by atoms with Crippen molar-refractivity contribution >= 4 is 23.8 Å². The van der Waals surface area contributed by atoms with Crippen LogP contribution in [-0.4, -0.2) is 32.4 Å². The molecule has 0 saturated carbocycles. The first kappa shape index (κ1) is 22.9. The number of hydrogen-bond donors (Lipinski definition) is 0. The molecule has 6 heteroatoms. The molecule has 0 radical (unpaired) electrons. The summed E-state index contributed by atoms with van der Waals surface area (Å²) in [5.74, 6) is 0. The van der Waals surface area contributed by atoms with Crippen LogP contribution in [0.25, 0.3) is 22.8 Å². The molecule has 0 spiro atoms. The van der Waals surface area contributed by atoms with E-state index in [0.29, 0.717) is 0 Å². The van der Waals surface area contributed by atoms with Crippen molar-refractivity contribution in [1.29, 1.82) is 0 Å². The first-order valence-corrected chi connectivity index (χ1v) is 11.6. The predicted octanol–water partition coefficient (Wildman–Crippen LogP) is 6.72. The second kappa shape index (κ2) is 10.6. The van der Waals surface area contributed by atoms with E-state index in [-0.39, 0.29) is 0 Å². The maximum absolute atomic E-state index is 4.70. The third kappa shape index (κ3) is 5.45. The van der Waals surface area contributed by atoms with Gasteiger partial charge in [-0.05, 0) is 85.6 Å². The van der Waals surface area contributed by atoms with Crippen LogP contribution in [0.1, 0.15) is 22.5 Å². The molecule has 5 rings (SSSR count). The van der Waals surface area contributed by atoms with Crippen molar-refractivity contribution in [3.8, 4) is 22.8 Å². The SMILES string of the molecule is Cc1cc(N=Cc2cccc(-c3ccccn3)n2)c(C)cc1N=Cc1cccc(-c2ccccn2)n1. The molecule has 0 unspecified atom stereocenters. The van der Waals surface area contributed by atoms with Crippen LogP contribution in [0.3, 0.4) is 0 Å². The summed E-state index contributed by atoms with van der Waals surface area (Å²) in [6.45, 7) is 4.06. The molecule has 4 heterocycles. The standard InChI is InChI=1S/C30H24N6/c1-21-17-30(34-20-24-10-8-14-28(36-24)26-12-4-6-16-32-26)22(2)18-29(21)33-19-23-9-7-13-27(35-23)25-11-3-5-15-31-25/h3-20H,1-2H3. The van der Waals surface area contributed by atoms with E-state index in [1.165, 1.54) is 0 Å². The molecule has 0 saturated heterocycles. The zero-order valence-corrected chi connectivity index (χ0v) is 20.1. The highest BCUT2D eigenvalue weighted by atomic mass is 14.8. The van der Waals surface area contributed by atoms with Crippen LogP contribution < -0.4 is 0 Å². The molecule has 0 aliphatic rings. The maximum atomic E-state index is 4.70. The molecular weight excluding hydrogens is 444 g/mol. The fourth-order valence-electron chi connectivity index (χ4n) is 3.70. The molecule has 0 aliphatic carbocycles. The summed E-state index contributed by atoms with van der Waals surface area (Å²) in [4.78, 5) is 27.5. The quantitative estimate of drug-likeness (QED) is 0.259. The van der Waals surface area contributed by atoms with Crippen LogP contribution in [0.15, 0.2) is 107 Å². The Hall–Kier alpha value is -4.84. The van der Waals surface area contributed by atoms with E-state index < -0.39 is 0 Å². The molecule has 0 amide bonds. The van der Waals surface area contributed by atoms with Gasteiger partial charge in [-0.25, -0.2) is 9.97 Å². The van der Waals surface area contributed by atoms with Crippen molar-refractivity contribution in [2.75, 3.05) is 0 Å². The summed E-state index contributed by atoms with van der Waals surface area (Å²) >= 11 is 0. The van der Waals surface area contributed by atoms with Gasteiger partial charge in [0.1, 0.15) is 0 Å². The lowest BCUT2D eigenvalue weighted by atomic mass is 10.1. The number of nitrogens with zero attached hydrogens (tertiary/aromatic N) is 6. The number of rotatable bonds is 6. The van der Waals surface area contributed by atoms with Crippen LogP contribution >= 0.6 is 0 Å². The Balaban J connectivity index is 1.35. The number of benzene rings is 1. The van der Waals surface area contributed by atoms with Gasteiger partial charge in [-0.1, -0.05) is 24.3 Å². The lowest BCUT2D eigenvalue weighted by Crippen LogP contribution is -1.92. The first-order valence-electron chi connectivity index (χ1n) is 11.6. The summed E-state index contributed by atoms with van der Waals surface area (Å²) < 4.78 is 0. The molecule has 0 N–H and O–H groups in total. The zero-order chi connectivity index (χ0) is 24.7. The molecule has 0 fully saturated rings. The molecule has 36 heavy (non-hydrogen) atoms.